The number of aliphatic hydroxyl groups excluding tert-OH is 1. The van der Waals surface area contributed by atoms with Gasteiger partial charge in [-0.3, -0.25) is 10.1 Å². The van der Waals surface area contributed by atoms with Crippen molar-refractivity contribution in [2.75, 3.05) is 24.6 Å². The Kier molecular flexibility index (Phi) is 4.61. The Labute approximate surface area is 116 Å². The van der Waals surface area contributed by atoms with Crippen LogP contribution < -0.4 is 4.90 Å². The Morgan fingerprint density at radius 3 is 3.00 bits per heavy atom. The van der Waals surface area contributed by atoms with Gasteiger partial charge in [0.2, 0.25) is 0 Å². The van der Waals surface area contributed by atoms with Gasteiger partial charge < -0.3 is 10.0 Å². The predicted molar refractivity (Wildman–Crippen MR) is 74.7 cm³/mol. The maximum absolute atomic E-state index is 11.1. The van der Waals surface area contributed by atoms with E-state index in [9.17, 15) is 10.1 Å². The van der Waals surface area contributed by atoms with Gasteiger partial charge in [-0.1, -0.05) is 11.6 Å². The van der Waals surface area contributed by atoms with Gasteiger partial charge >= 0.3 is 0 Å². The number of nitro benzene ring substituents is 1. The van der Waals surface area contributed by atoms with Crippen molar-refractivity contribution in [2.45, 2.75) is 19.3 Å². The molecule has 19 heavy (non-hydrogen) atoms. The van der Waals surface area contributed by atoms with E-state index in [0.29, 0.717) is 16.6 Å². The summed E-state index contributed by atoms with van der Waals surface area (Å²) in [5.74, 6) is 0.397. The molecule has 1 N–H and O–H groups in total. The summed E-state index contributed by atoms with van der Waals surface area (Å²) in [7, 11) is 0. The van der Waals surface area contributed by atoms with Crippen molar-refractivity contribution in [1.29, 1.82) is 0 Å². The summed E-state index contributed by atoms with van der Waals surface area (Å²) in [5.41, 5.74) is 0.675. The van der Waals surface area contributed by atoms with Crippen LogP contribution in [0.1, 0.15) is 19.3 Å². The second kappa shape index (κ2) is 6.21. The lowest BCUT2D eigenvalue weighted by molar-refractivity contribution is -0.384. The first-order valence-electron chi connectivity index (χ1n) is 6.41. The zero-order chi connectivity index (χ0) is 13.8. The van der Waals surface area contributed by atoms with E-state index in [4.69, 9.17) is 16.7 Å². The zero-order valence-electron chi connectivity index (χ0n) is 10.6. The van der Waals surface area contributed by atoms with Gasteiger partial charge in [-0.25, -0.2) is 0 Å². The van der Waals surface area contributed by atoms with Crippen LogP contribution in [0.3, 0.4) is 0 Å². The molecule has 0 radical (unpaired) electrons. The molecule has 1 aliphatic heterocycles. The van der Waals surface area contributed by atoms with Gasteiger partial charge in [0.1, 0.15) is 5.69 Å². The lowest BCUT2D eigenvalue weighted by Crippen LogP contribution is -2.36. The molecule has 1 atom stereocenters. The lowest BCUT2D eigenvalue weighted by Gasteiger charge is -2.33. The molecule has 5 nitrogen and oxygen atoms in total. The Morgan fingerprint density at radius 1 is 1.53 bits per heavy atom. The maximum Gasteiger partial charge on any atom is 0.294 e. The second-order valence-corrected chi connectivity index (χ2v) is 5.29. The van der Waals surface area contributed by atoms with Crippen LogP contribution in [0, 0.1) is 16.0 Å². The van der Waals surface area contributed by atoms with Crippen LogP contribution in [0.5, 0.6) is 0 Å². The molecule has 1 fully saturated rings. The number of rotatable bonds is 4. The number of hydrogen-bond acceptors (Lipinski definition) is 4. The summed E-state index contributed by atoms with van der Waals surface area (Å²) in [4.78, 5) is 12.7. The molecule has 2 rings (SSSR count). The van der Waals surface area contributed by atoms with Crippen molar-refractivity contribution in [3.63, 3.8) is 0 Å². The van der Waals surface area contributed by atoms with E-state index >= 15 is 0 Å². The minimum atomic E-state index is -0.392. The molecule has 1 aromatic rings. The predicted octanol–water partition coefficient (Wildman–Crippen LogP) is 2.85. The highest BCUT2D eigenvalue weighted by Gasteiger charge is 2.25. The highest BCUT2D eigenvalue weighted by molar-refractivity contribution is 6.30. The molecule has 104 valence electrons. The molecule has 0 aliphatic carbocycles. The van der Waals surface area contributed by atoms with Gasteiger partial charge in [0.05, 0.1) is 4.92 Å². The smallest absolute Gasteiger partial charge is 0.294 e. The molecule has 1 unspecified atom stereocenters. The van der Waals surface area contributed by atoms with E-state index in [1.54, 1.807) is 12.1 Å². The summed E-state index contributed by atoms with van der Waals surface area (Å²) < 4.78 is 0. The fourth-order valence-corrected chi connectivity index (χ4v) is 2.78. The van der Waals surface area contributed by atoms with E-state index < -0.39 is 4.92 Å². The maximum atomic E-state index is 11.1. The number of benzene rings is 1. The third-order valence-corrected chi connectivity index (χ3v) is 3.77. The molecule has 0 aromatic heterocycles. The Morgan fingerprint density at radius 2 is 2.32 bits per heavy atom. The molecular weight excluding hydrogens is 268 g/mol. The average Bonchev–Trinajstić information content (AvgIpc) is 2.39. The highest BCUT2D eigenvalue weighted by Crippen LogP contribution is 2.34. The topological polar surface area (TPSA) is 66.6 Å². The molecule has 6 heteroatoms. The largest absolute Gasteiger partial charge is 0.396 e. The number of anilines is 1. The quantitative estimate of drug-likeness (QED) is 0.682. The summed E-state index contributed by atoms with van der Waals surface area (Å²) >= 11 is 5.82. The number of hydrogen-bond donors (Lipinski definition) is 1. The van der Waals surface area contributed by atoms with Gasteiger partial charge in [-0.15, -0.1) is 0 Å². The number of nitro groups is 1. The van der Waals surface area contributed by atoms with Crippen LogP contribution in [0.2, 0.25) is 5.02 Å². The molecule has 1 saturated heterocycles. The van der Waals surface area contributed by atoms with Crippen molar-refractivity contribution in [3.05, 3.63) is 33.3 Å². The molecule has 0 saturated carbocycles. The van der Waals surface area contributed by atoms with Crippen LogP contribution in [-0.2, 0) is 0 Å². The zero-order valence-corrected chi connectivity index (χ0v) is 11.3. The third-order valence-electron chi connectivity index (χ3n) is 3.53. The summed E-state index contributed by atoms with van der Waals surface area (Å²) in [5, 5.41) is 20.5. The van der Waals surface area contributed by atoms with Gasteiger partial charge in [0, 0.05) is 30.8 Å². The van der Waals surface area contributed by atoms with Crippen molar-refractivity contribution < 1.29 is 10.0 Å². The molecule has 0 amide bonds. The van der Waals surface area contributed by atoms with Crippen molar-refractivity contribution in [3.8, 4) is 0 Å². The first-order chi connectivity index (χ1) is 9.11. The van der Waals surface area contributed by atoms with Crippen LogP contribution in [0.25, 0.3) is 0 Å². The van der Waals surface area contributed by atoms with Crippen LogP contribution in [0.15, 0.2) is 18.2 Å². The number of piperidine rings is 1. The van der Waals surface area contributed by atoms with Crippen molar-refractivity contribution in [1.82, 2.24) is 0 Å². The second-order valence-electron chi connectivity index (χ2n) is 4.86. The van der Waals surface area contributed by atoms with Crippen LogP contribution >= 0.6 is 11.6 Å². The van der Waals surface area contributed by atoms with Crippen molar-refractivity contribution in [2.24, 2.45) is 5.92 Å². The molecular formula is C13H17ClN2O3. The highest BCUT2D eigenvalue weighted by atomic mass is 35.5. The number of nitrogens with zero attached hydrogens (tertiary/aromatic N) is 2. The van der Waals surface area contributed by atoms with E-state index in [1.807, 2.05) is 4.90 Å². The number of halogens is 1. The minimum Gasteiger partial charge on any atom is -0.396 e. The van der Waals surface area contributed by atoms with E-state index in [1.165, 1.54) is 6.07 Å². The van der Waals surface area contributed by atoms with Crippen LogP contribution in [0.4, 0.5) is 11.4 Å². The average molecular weight is 285 g/mol. The van der Waals surface area contributed by atoms with Gasteiger partial charge in [0.15, 0.2) is 0 Å². The fraction of sp³-hybridized carbons (Fsp3) is 0.538. The first kappa shape index (κ1) is 14.1. The number of aliphatic hydroxyl groups is 1. The Hall–Kier alpha value is -1.33. The lowest BCUT2D eigenvalue weighted by atomic mass is 9.94. The molecule has 0 spiro atoms. The third kappa shape index (κ3) is 3.36. The van der Waals surface area contributed by atoms with Gasteiger partial charge in [-0.05, 0) is 37.3 Å². The molecule has 1 aromatic carbocycles. The van der Waals surface area contributed by atoms with E-state index in [0.717, 1.165) is 32.4 Å². The summed E-state index contributed by atoms with van der Waals surface area (Å²) in [6.07, 6.45) is 2.81. The first-order valence-corrected chi connectivity index (χ1v) is 6.79. The molecule has 1 heterocycles. The molecule has 0 bridgehead atoms. The van der Waals surface area contributed by atoms with Crippen LogP contribution in [-0.4, -0.2) is 29.7 Å². The van der Waals surface area contributed by atoms with Gasteiger partial charge in [-0.2, -0.15) is 0 Å². The Bertz CT molecular complexity index is 465. The SMILES string of the molecule is O=[N+]([O-])c1cc(Cl)ccc1N1CCCC(CCO)C1. The van der Waals surface area contributed by atoms with E-state index in [-0.39, 0.29) is 12.3 Å². The standard InChI is InChI=1S/C13H17ClN2O3/c14-11-3-4-12(13(8-11)16(18)19)15-6-1-2-10(9-15)5-7-17/h3-4,8,10,17H,1-2,5-7,9H2. The fourth-order valence-electron chi connectivity index (χ4n) is 2.61. The Balaban J connectivity index is 2.23. The monoisotopic (exact) mass is 284 g/mol. The molecule has 1 aliphatic rings. The van der Waals surface area contributed by atoms with E-state index in [2.05, 4.69) is 0 Å². The minimum absolute atomic E-state index is 0.0529. The van der Waals surface area contributed by atoms with Crippen molar-refractivity contribution >= 4 is 23.0 Å². The van der Waals surface area contributed by atoms with Gasteiger partial charge in [0.25, 0.3) is 5.69 Å². The summed E-state index contributed by atoms with van der Waals surface area (Å²) in [6.45, 7) is 1.73. The summed E-state index contributed by atoms with van der Waals surface area (Å²) in [6, 6.07) is 4.79. The normalized spacial score (nSPS) is 19.5.